The molecule has 3 nitrogen and oxygen atoms in total. The zero-order valence-corrected chi connectivity index (χ0v) is 13.9. The summed E-state index contributed by atoms with van der Waals surface area (Å²) in [6.07, 6.45) is 8.19. The molecular weight excluding hydrogens is 328 g/mol. The normalized spacial score (nSPS) is 19.7. The fourth-order valence-electron chi connectivity index (χ4n) is 2.22. The van der Waals surface area contributed by atoms with Gasteiger partial charge in [-0.25, -0.2) is 0 Å². The smallest absolute Gasteiger partial charge is 0.185 e. The number of halogens is 1. The van der Waals surface area contributed by atoms with Crippen LogP contribution in [0.3, 0.4) is 0 Å². The number of rotatable bonds is 3. The van der Waals surface area contributed by atoms with E-state index in [4.69, 9.17) is 0 Å². The Labute approximate surface area is 134 Å². The minimum absolute atomic E-state index is 0.148. The summed E-state index contributed by atoms with van der Waals surface area (Å²) < 4.78 is 1.04. The van der Waals surface area contributed by atoms with Gasteiger partial charge in [0.2, 0.25) is 0 Å². The average molecular weight is 347 g/mol. The maximum atomic E-state index is 12.5. The molecule has 0 unspecified atom stereocenters. The summed E-state index contributed by atoms with van der Waals surface area (Å²) in [5, 5.41) is 5.84. The molecule has 0 amide bonds. The Morgan fingerprint density at radius 2 is 1.81 bits per heavy atom. The summed E-state index contributed by atoms with van der Waals surface area (Å²) in [6, 6.07) is 7.99. The van der Waals surface area contributed by atoms with E-state index in [0.29, 0.717) is 0 Å². The summed E-state index contributed by atoms with van der Waals surface area (Å²) in [4.78, 5) is 12.5. The van der Waals surface area contributed by atoms with Crippen LogP contribution in [0.4, 0.5) is 0 Å². The van der Waals surface area contributed by atoms with Gasteiger partial charge in [-0.3, -0.25) is 4.79 Å². The first-order valence-electron chi connectivity index (χ1n) is 6.97. The van der Waals surface area contributed by atoms with Crippen molar-refractivity contribution in [2.75, 3.05) is 14.1 Å². The van der Waals surface area contributed by atoms with Crippen LogP contribution in [0, 0.1) is 0 Å². The second-order valence-electron chi connectivity index (χ2n) is 5.21. The lowest BCUT2D eigenvalue weighted by Crippen LogP contribution is -2.12. The molecule has 1 fully saturated rings. The number of benzene rings is 1. The highest BCUT2D eigenvalue weighted by atomic mass is 79.9. The molecule has 110 valence electrons. The van der Waals surface area contributed by atoms with Crippen LogP contribution in [0.2, 0.25) is 0 Å². The molecule has 0 N–H and O–H groups in total. The van der Waals surface area contributed by atoms with Crippen molar-refractivity contribution in [3.63, 3.8) is 0 Å². The van der Waals surface area contributed by atoms with E-state index >= 15 is 0 Å². The average Bonchev–Trinajstić information content (AvgIpc) is 2.45. The van der Waals surface area contributed by atoms with E-state index in [9.17, 15) is 4.79 Å². The summed E-state index contributed by atoms with van der Waals surface area (Å²) in [7, 11) is 3.72. The molecule has 0 spiro atoms. The lowest BCUT2D eigenvalue weighted by molar-refractivity contribution is -0.112. The van der Waals surface area contributed by atoms with Crippen molar-refractivity contribution in [3.8, 4) is 0 Å². The molecule has 0 saturated heterocycles. The Balaban J connectivity index is 2.18. The predicted molar refractivity (Wildman–Crippen MR) is 91.2 cm³/mol. The standard InChI is InChI=1S/C17H19BrN2O/c1-20(2)19-11-10-14-4-3-5-15(17(14)21)12-13-6-8-16(18)9-7-13/h6-12H,3-5H2,1-2H3/b14-10-,15-12-,19-11+. The van der Waals surface area contributed by atoms with Gasteiger partial charge in [-0.1, -0.05) is 28.1 Å². The molecule has 1 saturated carbocycles. The number of hydrogen-bond acceptors (Lipinski definition) is 3. The van der Waals surface area contributed by atoms with Crippen LogP contribution < -0.4 is 0 Å². The third kappa shape index (κ3) is 4.67. The first-order valence-corrected chi connectivity index (χ1v) is 7.77. The first kappa shape index (κ1) is 15.7. The Hall–Kier alpha value is -1.68. The van der Waals surface area contributed by atoms with Gasteiger partial charge in [0.25, 0.3) is 0 Å². The van der Waals surface area contributed by atoms with E-state index in [0.717, 1.165) is 40.4 Å². The number of hydrogen-bond donors (Lipinski definition) is 0. The van der Waals surface area contributed by atoms with Gasteiger partial charge >= 0.3 is 0 Å². The number of carbonyl (C=O) groups excluding carboxylic acids is 1. The van der Waals surface area contributed by atoms with Crippen LogP contribution in [0.15, 0.2) is 51.1 Å². The molecule has 1 aromatic carbocycles. The van der Waals surface area contributed by atoms with Gasteiger partial charge in [0.1, 0.15) is 0 Å². The quantitative estimate of drug-likeness (QED) is 0.469. The van der Waals surface area contributed by atoms with Crippen molar-refractivity contribution in [1.82, 2.24) is 5.01 Å². The lowest BCUT2D eigenvalue weighted by atomic mass is 9.88. The zero-order valence-electron chi connectivity index (χ0n) is 12.3. The van der Waals surface area contributed by atoms with Crippen LogP contribution in [-0.2, 0) is 4.79 Å². The van der Waals surface area contributed by atoms with Gasteiger partial charge in [0, 0.05) is 35.9 Å². The molecule has 0 atom stereocenters. The fourth-order valence-corrected chi connectivity index (χ4v) is 2.48. The molecule has 2 rings (SSSR count). The van der Waals surface area contributed by atoms with Crippen molar-refractivity contribution in [1.29, 1.82) is 0 Å². The first-order chi connectivity index (χ1) is 10.1. The number of allylic oxidation sites excluding steroid dienone is 3. The lowest BCUT2D eigenvalue weighted by Gasteiger charge is -2.16. The number of Topliss-reactive ketones (excluding diaryl/α,β-unsaturated/α-hetero) is 1. The predicted octanol–water partition coefficient (Wildman–Crippen LogP) is 4.06. The third-order valence-corrected chi connectivity index (χ3v) is 3.79. The van der Waals surface area contributed by atoms with Crippen molar-refractivity contribution in [3.05, 3.63) is 51.5 Å². The molecular formula is C17H19BrN2O. The van der Waals surface area contributed by atoms with E-state index < -0.39 is 0 Å². The van der Waals surface area contributed by atoms with E-state index in [1.807, 2.05) is 50.5 Å². The Kier molecular flexibility index (Phi) is 5.51. The van der Waals surface area contributed by atoms with E-state index in [2.05, 4.69) is 21.0 Å². The highest BCUT2D eigenvalue weighted by Gasteiger charge is 2.19. The second-order valence-corrected chi connectivity index (χ2v) is 6.12. The Bertz CT molecular complexity index is 598. The van der Waals surface area contributed by atoms with Crippen LogP contribution in [0.25, 0.3) is 6.08 Å². The molecule has 0 heterocycles. The van der Waals surface area contributed by atoms with Crippen molar-refractivity contribution < 1.29 is 4.79 Å². The largest absolute Gasteiger partial charge is 0.303 e. The highest BCUT2D eigenvalue weighted by molar-refractivity contribution is 9.10. The van der Waals surface area contributed by atoms with Gasteiger partial charge in [0.05, 0.1) is 0 Å². The fraction of sp³-hybridized carbons (Fsp3) is 0.294. The number of carbonyl (C=O) groups is 1. The third-order valence-electron chi connectivity index (χ3n) is 3.26. The van der Waals surface area contributed by atoms with Crippen LogP contribution in [0.5, 0.6) is 0 Å². The summed E-state index contributed by atoms with van der Waals surface area (Å²) in [5.74, 6) is 0.148. The molecule has 21 heavy (non-hydrogen) atoms. The topological polar surface area (TPSA) is 32.7 Å². The number of nitrogens with zero attached hydrogens (tertiary/aromatic N) is 2. The summed E-state index contributed by atoms with van der Waals surface area (Å²) in [6.45, 7) is 0. The summed E-state index contributed by atoms with van der Waals surface area (Å²) in [5.41, 5.74) is 2.79. The van der Waals surface area contributed by atoms with Crippen LogP contribution in [0.1, 0.15) is 24.8 Å². The van der Waals surface area contributed by atoms with E-state index in [1.165, 1.54) is 0 Å². The minimum atomic E-state index is 0.148. The van der Waals surface area contributed by atoms with E-state index in [1.54, 1.807) is 11.2 Å². The maximum Gasteiger partial charge on any atom is 0.185 e. The number of ketones is 1. The maximum absolute atomic E-state index is 12.5. The second kappa shape index (κ2) is 7.36. The van der Waals surface area contributed by atoms with Crippen molar-refractivity contribution in [2.45, 2.75) is 19.3 Å². The zero-order chi connectivity index (χ0) is 15.2. The SMILES string of the molecule is CN(C)/N=C/C=C1/CCC/C(=C/c2ccc(Br)cc2)C1=O. The van der Waals surface area contributed by atoms with Gasteiger partial charge in [-0.2, -0.15) is 5.10 Å². The van der Waals surface area contributed by atoms with Crippen LogP contribution in [-0.4, -0.2) is 31.1 Å². The van der Waals surface area contributed by atoms with Gasteiger partial charge < -0.3 is 5.01 Å². The molecule has 1 aromatic rings. The van der Waals surface area contributed by atoms with Crippen LogP contribution >= 0.6 is 15.9 Å². The monoisotopic (exact) mass is 346 g/mol. The molecule has 1 aliphatic carbocycles. The highest BCUT2D eigenvalue weighted by Crippen LogP contribution is 2.26. The number of hydrazone groups is 1. The molecule has 0 radical (unpaired) electrons. The summed E-state index contributed by atoms with van der Waals surface area (Å²) >= 11 is 3.42. The Morgan fingerprint density at radius 3 is 2.48 bits per heavy atom. The molecule has 1 aliphatic rings. The van der Waals surface area contributed by atoms with Gasteiger partial charge in [0.15, 0.2) is 5.78 Å². The molecule has 0 aliphatic heterocycles. The molecule has 4 heteroatoms. The van der Waals surface area contributed by atoms with Crippen molar-refractivity contribution >= 4 is 34.0 Å². The Morgan fingerprint density at radius 1 is 1.14 bits per heavy atom. The molecule has 0 bridgehead atoms. The van der Waals surface area contributed by atoms with E-state index in [-0.39, 0.29) is 5.78 Å². The van der Waals surface area contributed by atoms with Gasteiger partial charge in [-0.05, 0) is 49.1 Å². The van der Waals surface area contributed by atoms with Gasteiger partial charge in [-0.15, -0.1) is 0 Å². The minimum Gasteiger partial charge on any atom is -0.303 e. The molecule has 0 aromatic heterocycles. The van der Waals surface area contributed by atoms with Crippen molar-refractivity contribution in [2.24, 2.45) is 5.10 Å².